The highest BCUT2D eigenvalue weighted by Crippen LogP contribution is 2.28. The Balaban J connectivity index is 2.04. The van der Waals surface area contributed by atoms with Crippen molar-refractivity contribution in [2.24, 2.45) is 0 Å². The molecule has 0 saturated carbocycles. The lowest BCUT2D eigenvalue weighted by Gasteiger charge is -2.23. The number of amides is 2. The van der Waals surface area contributed by atoms with Crippen molar-refractivity contribution in [3.63, 3.8) is 0 Å². The fraction of sp³-hybridized carbons (Fsp3) is 0.320. The van der Waals surface area contributed by atoms with E-state index in [4.69, 9.17) is 4.98 Å². The molecule has 1 aromatic heterocycles. The van der Waals surface area contributed by atoms with Gasteiger partial charge >= 0.3 is 0 Å². The van der Waals surface area contributed by atoms with Crippen LogP contribution in [0, 0.1) is 13.8 Å². The fourth-order valence-electron chi connectivity index (χ4n) is 3.75. The van der Waals surface area contributed by atoms with Crippen LogP contribution in [0.1, 0.15) is 35.3 Å². The van der Waals surface area contributed by atoms with Crippen molar-refractivity contribution in [2.45, 2.75) is 27.7 Å². The van der Waals surface area contributed by atoms with Gasteiger partial charge in [0.15, 0.2) is 0 Å². The lowest BCUT2D eigenvalue weighted by atomic mass is 9.99. The minimum absolute atomic E-state index is 0.0516. The maximum Gasteiger partial charge on any atom is 0.254 e. The lowest BCUT2D eigenvalue weighted by molar-refractivity contribution is -0.131. The molecule has 0 unspecified atom stereocenters. The minimum atomic E-state index is -0.180. The topological polar surface area (TPSA) is 53.5 Å². The number of fused-ring (bicyclic) bond motifs is 1. The number of likely N-dealkylation sites (N-methyl/N-ethyl adjacent to an activating group) is 2. The molecule has 0 atom stereocenters. The first-order valence-electron chi connectivity index (χ1n) is 10.4. The van der Waals surface area contributed by atoms with Crippen molar-refractivity contribution in [3.05, 3.63) is 65.2 Å². The van der Waals surface area contributed by atoms with Crippen LogP contribution in [0.4, 0.5) is 0 Å². The molecular weight excluding hydrogens is 374 g/mol. The minimum Gasteiger partial charge on any atom is -0.342 e. The molecule has 0 spiro atoms. The Morgan fingerprint density at radius 1 is 0.967 bits per heavy atom. The van der Waals surface area contributed by atoms with Gasteiger partial charge < -0.3 is 9.80 Å². The first kappa shape index (κ1) is 21.5. The van der Waals surface area contributed by atoms with Crippen LogP contribution in [-0.4, -0.2) is 53.3 Å². The summed E-state index contributed by atoms with van der Waals surface area (Å²) in [4.78, 5) is 33.9. The zero-order valence-corrected chi connectivity index (χ0v) is 18.4. The van der Waals surface area contributed by atoms with Gasteiger partial charge in [0.2, 0.25) is 5.91 Å². The Morgan fingerprint density at radius 3 is 2.33 bits per heavy atom. The number of para-hydroxylation sites is 1. The van der Waals surface area contributed by atoms with Gasteiger partial charge in [-0.25, -0.2) is 4.98 Å². The molecule has 0 N–H and O–H groups in total. The molecular formula is C25H29N3O2. The molecule has 0 aliphatic rings. The summed E-state index contributed by atoms with van der Waals surface area (Å²) in [6.07, 6.45) is 0. The van der Waals surface area contributed by atoms with Gasteiger partial charge in [-0.3, -0.25) is 9.59 Å². The molecule has 2 aromatic carbocycles. The van der Waals surface area contributed by atoms with E-state index >= 15 is 0 Å². The van der Waals surface area contributed by atoms with Gasteiger partial charge in [-0.1, -0.05) is 42.0 Å². The third-order valence-electron chi connectivity index (χ3n) is 5.44. The number of hydrogen-bond donors (Lipinski definition) is 0. The number of benzene rings is 2. The van der Waals surface area contributed by atoms with Gasteiger partial charge in [0, 0.05) is 31.1 Å². The SMILES string of the molecule is CCN(CC)C(=O)CN(C)C(=O)c1cc(-c2ccc(C)cc2C)nc2ccccc12. The Labute approximate surface area is 178 Å². The average Bonchev–Trinajstić information content (AvgIpc) is 2.73. The zero-order chi connectivity index (χ0) is 21.8. The Kier molecular flexibility index (Phi) is 6.50. The summed E-state index contributed by atoms with van der Waals surface area (Å²) in [6.45, 7) is 9.30. The number of aryl methyl sites for hydroxylation is 2. The van der Waals surface area contributed by atoms with Crippen molar-refractivity contribution >= 4 is 22.7 Å². The average molecular weight is 404 g/mol. The number of hydrogen-bond acceptors (Lipinski definition) is 3. The van der Waals surface area contributed by atoms with Crippen molar-refractivity contribution in [1.82, 2.24) is 14.8 Å². The Morgan fingerprint density at radius 2 is 1.67 bits per heavy atom. The number of aromatic nitrogens is 1. The summed E-state index contributed by atoms with van der Waals surface area (Å²) in [5.74, 6) is -0.232. The second-order valence-corrected chi connectivity index (χ2v) is 7.62. The van der Waals surface area contributed by atoms with Crippen LogP contribution < -0.4 is 0 Å². The van der Waals surface area contributed by atoms with Crippen molar-refractivity contribution in [2.75, 3.05) is 26.7 Å². The third kappa shape index (κ3) is 4.35. The quantitative estimate of drug-likeness (QED) is 0.611. The molecule has 0 saturated heterocycles. The zero-order valence-electron chi connectivity index (χ0n) is 18.4. The third-order valence-corrected chi connectivity index (χ3v) is 5.44. The van der Waals surface area contributed by atoms with Gasteiger partial charge in [-0.05, 0) is 45.4 Å². The highest BCUT2D eigenvalue weighted by atomic mass is 16.2. The standard InChI is InChI=1S/C25H29N3O2/c1-6-28(7-2)24(29)16-27(5)25(30)21-15-23(19-13-12-17(3)14-18(19)4)26-22-11-9-8-10-20(21)22/h8-15H,6-7,16H2,1-5H3. The maximum absolute atomic E-state index is 13.3. The summed E-state index contributed by atoms with van der Waals surface area (Å²) < 4.78 is 0. The number of pyridine rings is 1. The van der Waals surface area contributed by atoms with Crippen LogP contribution in [0.15, 0.2) is 48.5 Å². The molecule has 0 fully saturated rings. The number of carbonyl (C=O) groups is 2. The van der Waals surface area contributed by atoms with Crippen molar-refractivity contribution in [3.8, 4) is 11.3 Å². The van der Waals surface area contributed by atoms with Gasteiger partial charge in [-0.15, -0.1) is 0 Å². The van der Waals surface area contributed by atoms with Crippen molar-refractivity contribution < 1.29 is 9.59 Å². The second-order valence-electron chi connectivity index (χ2n) is 7.62. The van der Waals surface area contributed by atoms with Crippen LogP contribution >= 0.6 is 0 Å². The predicted octanol–water partition coefficient (Wildman–Crippen LogP) is 4.46. The highest BCUT2D eigenvalue weighted by Gasteiger charge is 2.21. The molecule has 0 aliphatic heterocycles. The Bertz CT molecular complexity index is 1090. The van der Waals surface area contributed by atoms with Crippen LogP contribution in [0.25, 0.3) is 22.2 Å². The summed E-state index contributed by atoms with van der Waals surface area (Å²) in [6, 6.07) is 15.7. The van der Waals surface area contributed by atoms with Crippen LogP contribution in [0.5, 0.6) is 0 Å². The number of rotatable bonds is 6. The van der Waals surface area contributed by atoms with Gasteiger partial charge in [0.1, 0.15) is 0 Å². The highest BCUT2D eigenvalue weighted by molar-refractivity contribution is 6.08. The Hall–Kier alpha value is -3.21. The van der Waals surface area contributed by atoms with Gasteiger partial charge in [-0.2, -0.15) is 0 Å². The molecule has 0 aliphatic carbocycles. The first-order chi connectivity index (χ1) is 14.3. The van der Waals surface area contributed by atoms with E-state index in [1.54, 1.807) is 11.9 Å². The number of nitrogens with zero attached hydrogens (tertiary/aromatic N) is 3. The molecule has 5 nitrogen and oxygen atoms in total. The normalized spacial score (nSPS) is 10.8. The summed E-state index contributed by atoms with van der Waals surface area (Å²) in [7, 11) is 1.68. The molecule has 3 aromatic rings. The smallest absolute Gasteiger partial charge is 0.254 e. The molecule has 3 rings (SSSR count). The molecule has 2 amide bonds. The fourth-order valence-corrected chi connectivity index (χ4v) is 3.75. The van der Waals surface area contributed by atoms with E-state index in [2.05, 4.69) is 26.0 Å². The first-order valence-corrected chi connectivity index (χ1v) is 10.4. The summed E-state index contributed by atoms with van der Waals surface area (Å²) in [5, 5.41) is 0.790. The molecule has 156 valence electrons. The lowest BCUT2D eigenvalue weighted by Crippen LogP contribution is -2.41. The maximum atomic E-state index is 13.3. The molecule has 1 heterocycles. The largest absolute Gasteiger partial charge is 0.342 e. The van der Waals surface area contributed by atoms with E-state index < -0.39 is 0 Å². The van der Waals surface area contributed by atoms with E-state index in [1.165, 1.54) is 10.5 Å². The van der Waals surface area contributed by atoms with Crippen LogP contribution in [0.3, 0.4) is 0 Å². The van der Waals surface area contributed by atoms with Crippen LogP contribution in [-0.2, 0) is 4.79 Å². The van der Waals surface area contributed by atoms with Gasteiger partial charge in [0.05, 0.1) is 23.3 Å². The number of carbonyl (C=O) groups excluding carboxylic acids is 2. The summed E-state index contributed by atoms with van der Waals surface area (Å²) in [5.41, 5.74) is 5.39. The van der Waals surface area contributed by atoms with E-state index in [-0.39, 0.29) is 18.4 Å². The monoisotopic (exact) mass is 403 g/mol. The van der Waals surface area contributed by atoms with E-state index in [1.807, 2.05) is 50.2 Å². The van der Waals surface area contributed by atoms with Crippen molar-refractivity contribution in [1.29, 1.82) is 0 Å². The van der Waals surface area contributed by atoms with E-state index in [9.17, 15) is 9.59 Å². The summed E-state index contributed by atoms with van der Waals surface area (Å²) >= 11 is 0. The predicted molar refractivity (Wildman–Crippen MR) is 122 cm³/mol. The van der Waals surface area contributed by atoms with Crippen LogP contribution in [0.2, 0.25) is 0 Å². The second kappa shape index (κ2) is 9.08. The molecule has 0 radical (unpaired) electrons. The van der Waals surface area contributed by atoms with E-state index in [0.29, 0.717) is 18.7 Å². The molecule has 30 heavy (non-hydrogen) atoms. The van der Waals surface area contributed by atoms with Gasteiger partial charge in [0.25, 0.3) is 5.91 Å². The molecule has 0 bridgehead atoms. The molecule has 5 heteroatoms. The van der Waals surface area contributed by atoms with E-state index in [0.717, 1.165) is 27.7 Å².